The van der Waals surface area contributed by atoms with Gasteiger partial charge in [-0.15, -0.1) is 0 Å². The predicted molar refractivity (Wildman–Crippen MR) is 106 cm³/mol. The molecule has 0 radical (unpaired) electrons. The Morgan fingerprint density at radius 1 is 1.17 bits per heavy atom. The number of imidazole rings is 1. The van der Waals surface area contributed by atoms with Crippen LogP contribution in [0.2, 0.25) is 0 Å². The summed E-state index contributed by atoms with van der Waals surface area (Å²) in [5.74, 6) is -0.525. The van der Waals surface area contributed by atoms with Crippen LogP contribution in [0.1, 0.15) is 18.7 Å². The number of aromatic nitrogens is 2. The van der Waals surface area contributed by atoms with E-state index in [-0.39, 0.29) is 30.6 Å². The summed E-state index contributed by atoms with van der Waals surface area (Å²) in [5.41, 5.74) is 1.60. The lowest BCUT2D eigenvalue weighted by molar-refractivity contribution is -0.130. The number of carbonyl (C=O) groups is 2. The average molecular weight is 396 g/mol. The molecule has 0 spiro atoms. The zero-order valence-corrected chi connectivity index (χ0v) is 15.7. The minimum Gasteiger partial charge on any atom is -0.368 e. The van der Waals surface area contributed by atoms with Crippen LogP contribution in [0.5, 0.6) is 0 Å². The highest BCUT2D eigenvalue weighted by molar-refractivity contribution is 5.92. The van der Waals surface area contributed by atoms with Crippen molar-refractivity contribution in [2.45, 2.75) is 32.0 Å². The van der Waals surface area contributed by atoms with Crippen LogP contribution in [0, 0.1) is 5.82 Å². The highest BCUT2D eigenvalue weighted by Gasteiger charge is 2.24. The van der Waals surface area contributed by atoms with E-state index in [1.807, 2.05) is 24.3 Å². The Labute approximate surface area is 166 Å². The molecule has 1 saturated heterocycles. The number of hydrogen-bond acceptors (Lipinski definition) is 4. The van der Waals surface area contributed by atoms with Gasteiger partial charge in [-0.25, -0.2) is 9.37 Å². The second-order valence-corrected chi connectivity index (χ2v) is 6.85. The standard InChI is InChI=1S/C21H21FN4O3/c22-14-6-1-2-7-15(14)25-20(27)13-26-17-9-4-3-8-16(17)24-19(26)12-23-21(28)18-10-5-11-29-18/h1-4,6-9,18H,5,10-13H2,(H,23,28)(H,25,27). The van der Waals surface area contributed by atoms with E-state index < -0.39 is 11.9 Å². The Kier molecular flexibility index (Phi) is 5.53. The van der Waals surface area contributed by atoms with Gasteiger partial charge < -0.3 is 19.9 Å². The normalized spacial score (nSPS) is 16.1. The van der Waals surface area contributed by atoms with Gasteiger partial charge in [-0.05, 0) is 37.1 Å². The van der Waals surface area contributed by atoms with Crippen molar-refractivity contribution in [1.29, 1.82) is 0 Å². The lowest BCUT2D eigenvalue weighted by Gasteiger charge is -2.13. The van der Waals surface area contributed by atoms with Crippen LogP contribution in [0.15, 0.2) is 48.5 Å². The summed E-state index contributed by atoms with van der Waals surface area (Å²) in [7, 11) is 0. The van der Waals surface area contributed by atoms with E-state index in [9.17, 15) is 14.0 Å². The van der Waals surface area contributed by atoms with E-state index in [0.29, 0.717) is 24.4 Å². The van der Waals surface area contributed by atoms with E-state index in [1.165, 1.54) is 12.1 Å². The predicted octanol–water partition coefficient (Wildman–Crippen LogP) is 2.61. The zero-order valence-electron chi connectivity index (χ0n) is 15.7. The minimum atomic E-state index is -0.500. The first-order chi connectivity index (χ1) is 14.1. The summed E-state index contributed by atoms with van der Waals surface area (Å²) in [6.45, 7) is 0.702. The third-order valence-electron chi connectivity index (χ3n) is 4.83. The Morgan fingerprint density at radius 3 is 2.76 bits per heavy atom. The van der Waals surface area contributed by atoms with Gasteiger partial charge in [0.25, 0.3) is 0 Å². The van der Waals surface area contributed by atoms with Gasteiger partial charge in [0.05, 0.1) is 23.3 Å². The number of rotatable bonds is 6. The van der Waals surface area contributed by atoms with Crippen LogP contribution < -0.4 is 10.6 Å². The highest BCUT2D eigenvalue weighted by atomic mass is 19.1. The smallest absolute Gasteiger partial charge is 0.249 e. The first-order valence-corrected chi connectivity index (χ1v) is 9.49. The largest absolute Gasteiger partial charge is 0.368 e. The third kappa shape index (κ3) is 4.27. The van der Waals surface area contributed by atoms with E-state index >= 15 is 0 Å². The maximum Gasteiger partial charge on any atom is 0.249 e. The molecular formula is C21H21FN4O3. The third-order valence-corrected chi connectivity index (χ3v) is 4.83. The van der Waals surface area contributed by atoms with Gasteiger partial charge in [-0.1, -0.05) is 24.3 Å². The number of fused-ring (bicyclic) bond motifs is 1. The van der Waals surface area contributed by atoms with Crippen molar-refractivity contribution < 1.29 is 18.7 Å². The molecule has 1 aromatic heterocycles. The molecule has 0 bridgehead atoms. The molecule has 1 aliphatic heterocycles. The number of nitrogens with zero attached hydrogens (tertiary/aromatic N) is 2. The molecule has 4 rings (SSSR count). The summed E-state index contributed by atoms with van der Waals surface area (Å²) in [6.07, 6.45) is 1.14. The monoisotopic (exact) mass is 396 g/mol. The summed E-state index contributed by atoms with van der Waals surface area (Å²) < 4.78 is 20.9. The molecule has 3 aromatic rings. The van der Waals surface area contributed by atoms with Gasteiger partial charge in [-0.3, -0.25) is 9.59 Å². The number of amides is 2. The van der Waals surface area contributed by atoms with Crippen LogP contribution in [-0.4, -0.2) is 34.1 Å². The minimum absolute atomic E-state index is 0.0556. The Hall–Kier alpha value is -3.26. The molecule has 2 aromatic carbocycles. The topological polar surface area (TPSA) is 85.2 Å². The van der Waals surface area contributed by atoms with Gasteiger partial charge >= 0.3 is 0 Å². The first-order valence-electron chi connectivity index (χ1n) is 9.49. The summed E-state index contributed by atoms with van der Waals surface area (Å²) in [4.78, 5) is 29.3. The number of anilines is 1. The van der Waals surface area contributed by atoms with Crippen molar-refractivity contribution in [2.75, 3.05) is 11.9 Å². The number of para-hydroxylation sites is 3. The molecule has 1 atom stereocenters. The molecule has 8 heteroatoms. The summed E-state index contributed by atoms with van der Waals surface area (Å²) >= 11 is 0. The van der Waals surface area contributed by atoms with E-state index in [1.54, 1.807) is 16.7 Å². The molecule has 1 aliphatic rings. The lowest BCUT2D eigenvalue weighted by Crippen LogP contribution is -2.34. The van der Waals surface area contributed by atoms with E-state index in [2.05, 4.69) is 15.6 Å². The van der Waals surface area contributed by atoms with E-state index in [4.69, 9.17) is 4.74 Å². The van der Waals surface area contributed by atoms with Crippen LogP contribution in [0.25, 0.3) is 11.0 Å². The molecule has 7 nitrogen and oxygen atoms in total. The molecule has 2 N–H and O–H groups in total. The SMILES string of the molecule is O=C(Cn1c(CNC(=O)C2CCCO2)nc2ccccc21)Nc1ccccc1F. The number of hydrogen-bond donors (Lipinski definition) is 2. The fourth-order valence-corrected chi connectivity index (χ4v) is 3.40. The van der Waals surface area contributed by atoms with E-state index in [0.717, 1.165) is 11.9 Å². The van der Waals surface area contributed by atoms with Crippen LogP contribution in [0.3, 0.4) is 0 Å². The molecule has 0 aliphatic carbocycles. The number of carbonyl (C=O) groups excluding carboxylic acids is 2. The second kappa shape index (κ2) is 8.40. The quantitative estimate of drug-likeness (QED) is 0.671. The molecule has 1 unspecified atom stereocenters. The maximum absolute atomic E-state index is 13.8. The second-order valence-electron chi connectivity index (χ2n) is 6.85. The van der Waals surface area contributed by atoms with Gasteiger partial charge in [0.2, 0.25) is 11.8 Å². The highest BCUT2D eigenvalue weighted by Crippen LogP contribution is 2.18. The van der Waals surface area contributed by atoms with Gasteiger partial charge in [0.1, 0.15) is 24.3 Å². The van der Waals surface area contributed by atoms with Crippen molar-refractivity contribution in [3.63, 3.8) is 0 Å². The molecular weight excluding hydrogens is 375 g/mol. The Balaban J connectivity index is 1.52. The van der Waals surface area contributed by atoms with Gasteiger partial charge in [0.15, 0.2) is 0 Å². The molecule has 29 heavy (non-hydrogen) atoms. The van der Waals surface area contributed by atoms with Crippen molar-refractivity contribution in [3.05, 3.63) is 60.2 Å². The molecule has 2 heterocycles. The summed E-state index contributed by atoms with van der Waals surface area (Å²) in [6, 6.07) is 13.4. The first kappa shape index (κ1) is 19.1. The molecule has 2 amide bonds. The fraction of sp³-hybridized carbons (Fsp3) is 0.286. The molecule has 1 fully saturated rings. The summed E-state index contributed by atoms with van der Waals surface area (Å²) in [5, 5.41) is 5.42. The van der Waals surface area contributed by atoms with Gasteiger partial charge in [-0.2, -0.15) is 0 Å². The van der Waals surface area contributed by atoms with Crippen molar-refractivity contribution in [3.8, 4) is 0 Å². The van der Waals surface area contributed by atoms with Gasteiger partial charge in [0, 0.05) is 6.61 Å². The van der Waals surface area contributed by atoms with Crippen LogP contribution in [0.4, 0.5) is 10.1 Å². The van der Waals surface area contributed by atoms with Crippen molar-refractivity contribution in [2.24, 2.45) is 0 Å². The number of ether oxygens (including phenoxy) is 1. The molecule has 0 saturated carbocycles. The number of benzene rings is 2. The average Bonchev–Trinajstić information content (AvgIpc) is 3.37. The van der Waals surface area contributed by atoms with Crippen molar-refractivity contribution in [1.82, 2.24) is 14.9 Å². The number of nitrogens with one attached hydrogen (secondary N) is 2. The van der Waals surface area contributed by atoms with Crippen molar-refractivity contribution >= 4 is 28.5 Å². The fourth-order valence-electron chi connectivity index (χ4n) is 3.40. The maximum atomic E-state index is 13.8. The van der Waals surface area contributed by atoms with Crippen LogP contribution in [-0.2, 0) is 27.4 Å². The zero-order chi connectivity index (χ0) is 20.2. The molecule has 150 valence electrons. The van der Waals surface area contributed by atoms with Crippen LogP contribution >= 0.6 is 0 Å². The Bertz CT molecular complexity index is 1040. The number of halogens is 1. The Morgan fingerprint density at radius 2 is 1.97 bits per heavy atom. The lowest BCUT2D eigenvalue weighted by atomic mass is 10.2.